The molecule has 0 radical (unpaired) electrons. The first-order chi connectivity index (χ1) is 12.3. The van der Waals surface area contributed by atoms with Crippen LogP contribution in [0.4, 0.5) is 4.39 Å². The molecule has 0 aliphatic heterocycles. The van der Waals surface area contributed by atoms with Crippen LogP contribution < -0.4 is 4.74 Å². The summed E-state index contributed by atoms with van der Waals surface area (Å²) in [7, 11) is 1.30. The first-order valence-corrected chi connectivity index (χ1v) is 13.8. The van der Waals surface area contributed by atoms with Crippen molar-refractivity contribution in [1.82, 2.24) is 0 Å². The van der Waals surface area contributed by atoms with Crippen LogP contribution in [0.2, 0.25) is 6.04 Å². The predicted octanol–water partition coefficient (Wildman–Crippen LogP) is 6.39. The zero-order valence-electron chi connectivity index (χ0n) is 14.8. The molecule has 0 aliphatic rings. The van der Waals surface area contributed by atoms with Crippen molar-refractivity contribution in [2.75, 3.05) is 13.7 Å². The van der Waals surface area contributed by atoms with Crippen LogP contribution >= 0.6 is 33.2 Å². The molecular weight excluding hydrogens is 418 g/mol. The topological polar surface area (TPSA) is 35.5 Å². The summed E-state index contributed by atoms with van der Waals surface area (Å²) in [6.45, 7) is 0.447. The zero-order chi connectivity index (χ0) is 19.4. The van der Waals surface area contributed by atoms with E-state index in [0.717, 1.165) is 38.5 Å². The van der Waals surface area contributed by atoms with E-state index in [-0.39, 0.29) is 5.75 Å². The summed E-state index contributed by atoms with van der Waals surface area (Å²) in [4.78, 5) is 11.1. The number of ether oxygens (including phenoxy) is 2. The third-order valence-electron chi connectivity index (χ3n) is 3.68. The molecule has 0 fully saturated rings. The minimum absolute atomic E-state index is 0.185. The molecule has 0 bridgehead atoms. The lowest BCUT2D eigenvalue weighted by molar-refractivity contribution is -0.134. The van der Waals surface area contributed by atoms with E-state index in [1.54, 1.807) is 18.2 Å². The highest BCUT2D eigenvalue weighted by atomic mass is 35.8. The summed E-state index contributed by atoms with van der Waals surface area (Å²) in [6, 6.07) is 2.69. The molecule has 0 N–H and O–H groups in total. The predicted molar refractivity (Wildman–Crippen MR) is 109 cm³/mol. The highest BCUT2D eigenvalue weighted by molar-refractivity contribution is 7.64. The van der Waals surface area contributed by atoms with E-state index >= 15 is 0 Å². The number of methoxy groups -OCH3 is 1. The Kier molecular flexibility index (Phi) is 11.3. The number of carbonyl (C=O) groups is 1. The third kappa shape index (κ3) is 11.1. The Balaban J connectivity index is 2.24. The summed E-state index contributed by atoms with van der Waals surface area (Å²) in [5, 5.41) is 0. The lowest BCUT2D eigenvalue weighted by Crippen LogP contribution is -2.07. The highest BCUT2D eigenvalue weighted by Crippen LogP contribution is 2.27. The van der Waals surface area contributed by atoms with Crippen molar-refractivity contribution in [3.63, 3.8) is 0 Å². The molecule has 0 unspecified atom stereocenters. The molecule has 1 rings (SSSR count). The van der Waals surface area contributed by atoms with Crippen LogP contribution in [0.3, 0.4) is 0 Å². The fourth-order valence-electron chi connectivity index (χ4n) is 2.28. The van der Waals surface area contributed by atoms with Gasteiger partial charge in [-0.25, -0.2) is 9.18 Å². The molecule has 0 amide bonds. The van der Waals surface area contributed by atoms with Crippen molar-refractivity contribution in [3.05, 3.63) is 35.7 Å². The lowest BCUT2D eigenvalue weighted by atomic mass is 10.1. The van der Waals surface area contributed by atoms with E-state index in [1.165, 1.54) is 19.3 Å². The minimum atomic E-state index is -2.47. The summed E-state index contributed by atoms with van der Waals surface area (Å²) in [5.41, 5.74) is 0.671. The largest absolute Gasteiger partial charge is 0.490 e. The van der Waals surface area contributed by atoms with Crippen LogP contribution in [0.15, 0.2) is 24.3 Å². The zero-order valence-corrected chi connectivity index (χ0v) is 18.0. The van der Waals surface area contributed by atoms with Crippen LogP contribution in [-0.4, -0.2) is 25.7 Å². The van der Waals surface area contributed by atoms with Crippen LogP contribution in [0.5, 0.6) is 5.75 Å². The van der Waals surface area contributed by atoms with Gasteiger partial charge in [0.2, 0.25) is 0 Å². The quantitative estimate of drug-likeness (QED) is 0.124. The van der Waals surface area contributed by atoms with Crippen molar-refractivity contribution in [1.29, 1.82) is 0 Å². The van der Waals surface area contributed by atoms with Gasteiger partial charge in [-0.2, -0.15) is 0 Å². The summed E-state index contributed by atoms with van der Waals surface area (Å²) in [6.07, 6.45) is 8.88. The number of hydrogen-bond acceptors (Lipinski definition) is 3. The van der Waals surface area contributed by atoms with Gasteiger partial charge < -0.3 is 9.47 Å². The van der Waals surface area contributed by atoms with Gasteiger partial charge in [-0.05, 0) is 36.2 Å². The van der Waals surface area contributed by atoms with Gasteiger partial charge in [-0.15, -0.1) is 33.2 Å². The summed E-state index contributed by atoms with van der Waals surface area (Å²) < 4.78 is 23.8. The Labute approximate surface area is 169 Å². The van der Waals surface area contributed by atoms with E-state index < -0.39 is 17.8 Å². The number of esters is 1. The molecule has 146 valence electrons. The second-order valence-corrected chi connectivity index (χ2v) is 15.2. The van der Waals surface area contributed by atoms with E-state index in [2.05, 4.69) is 4.74 Å². The summed E-state index contributed by atoms with van der Waals surface area (Å²) in [5.74, 6) is -0.700. The molecule has 0 aliphatic carbocycles. The first-order valence-electron chi connectivity index (χ1n) is 8.57. The van der Waals surface area contributed by atoms with Crippen molar-refractivity contribution in [3.8, 4) is 5.75 Å². The maximum Gasteiger partial charge on any atom is 0.341 e. The summed E-state index contributed by atoms with van der Waals surface area (Å²) >= 11 is 17.5. The Morgan fingerprint density at radius 1 is 1.12 bits per heavy atom. The lowest BCUT2D eigenvalue weighted by Gasteiger charge is -2.09. The fourth-order valence-corrected chi connectivity index (χ4v) is 4.14. The molecule has 26 heavy (non-hydrogen) atoms. The van der Waals surface area contributed by atoms with Gasteiger partial charge in [0.1, 0.15) is 0 Å². The molecule has 8 heteroatoms. The minimum Gasteiger partial charge on any atom is -0.490 e. The first kappa shape index (κ1) is 23.3. The van der Waals surface area contributed by atoms with Crippen LogP contribution in [0.25, 0.3) is 6.08 Å². The second-order valence-electron chi connectivity index (χ2n) is 5.88. The molecule has 0 saturated heterocycles. The van der Waals surface area contributed by atoms with E-state index in [4.69, 9.17) is 38.0 Å². The normalized spacial score (nSPS) is 11.7. The van der Waals surface area contributed by atoms with Crippen molar-refractivity contribution >= 4 is 51.3 Å². The fraction of sp³-hybridized carbons (Fsp3) is 0.500. The maximum atomic E-state index is 13.8. The average Bonchev–Trinajstić information content (AvgIpc) is 2.59. The highest BCUT2D eigenvalue weighted by Gasteiger charge is 2.23. The van der Waals surface area contributed by atoms with Gasteiger partial charge in [0.05, 0.1) is 13.7 Å². The molecule has 0 saturated carbocycles. The number of unbranched alkanes of at least 4 members (excludes halogenated alkanes) is 5. The van der Waals surface area contributed by atoms with Gasteiger partial charge in [0.25, 0.3) is 0 Å². The Hall–Kier alpha value is -0.753. The van der Waals surface area contributed by atoms with Gasteiger partial charge in [-0.3, -0.25) is 0 Å². The van der Waals surface area contributed by atoms with Gasteiger partial charge in [0.15, 0.2) is 11.6 Å². The van der Waals surface area contributed by atoms with Crippen LogP contribution in [0, 0.1) is 5.82 Å². The van der Waals surface area contributed by atoms with E-state index in [1.807, 2.05) is 0 Å². The van der Waals surface area contributed by atoms with Gasteiger partial charge >= 0.3 is 12.0 Å². The SMILES string of the molecule is COC(=O)C=Cc1ccc(F)c(OCCCCCCCC[Si](Cl)(Cl)Cl)c1. The number of hydrogen-bond donors (Lipinski definition) is 0. The smallest absolute Gasteiger partial charge is 0.341 e. The monoisotopic (exact) mass is 440 g/mol. The Bertz CT molecular complexity index is 592. The maximum absolute atomic E-state index is 13.8. The van der Waals surface area contributed by atoms with Crippen molar-refractivity contribution in [2.45, 2.75) is 44.6 Å². The van der Waals surface area contributed by atoms with E-state index in [0.29, 0.717) is 18.2 Å². The molecule has 0 heterocycles. The Morgan fingerprint density at radius 2 is 1.77 bits per heavy atom. The molecule has 0 aromatic heterocycles. The van der Waals surface area contributed by atoms with Gasteiger partial charge in [0, 0.05) is 6.08 Å². The molecule has 1 aromatic rings. The number of halogens is 4. The standard InChI is InChI=1S/C18H24Cl3FO3Si/c1-24-18(23)11-9-15-8-10-16(22)17(14-15)25-12-6-4-2-3-5-7-13-26(19,20)21/h8-11,14H,2-7,12-13H2,1H3. The number of benzene rings is 1. The van der Waals surface area contributed by atoms with Gasteiger partial charge in [-0.1, -0.05) is 38.2 Å². The molecule has 0 atom stereocenters. The van der Waals surface area contributed by atoms with Crippen LogP contribution in [0.1, 0.15) is 44.1 Å². The molecule has 1 aromatic carbocycles. The molecule has 0 spiro atoms. The Morgan fingerprint density at radius 3 is 2.42 bits per heavy atom. The van der Waals surface area contributed by atoms with Crippen LogP contribution in [-0.2, 0) is 9.53 Å². The number of rotatable bonds is 12. The molecular formula is C18H24Cl3FO3Si. The number of carbonyl (C=O) groups excluding carboxylic acids is 1. The third-order valence-corrected chi connectivity index (χ3v) is 6.30. The van der Waals surface area contributed by atoms with E-state index in [9.17, 15) is 9.18 Å². The second kappa shape index (κ2) is 12.6. The average molecular weight is 442 g/mol. The van der Waals surface area contributed by atoms with Crippen molar-refractivity contribution < 1.29 is 18.7 Å². The van der Waals surface area contributed by atoms with Crippen molar-refractivity contribution in [2.24, 2.45) is 0 Å². The molecule has 3 nitrogen and oxygen atoms in total.